The molecule has 0 spiro atoms. The molecule has 0 bridgehead atoms. The predicted octanol–water partition coefficient (Wildman–Crippen LogP) is 2.29. The number of urea groups is 1. The third-order valence-corrected chi connectivity index (χ3v) is 2.38. The van der Waals surface area contributed by atoms with Crippen molar-refractivity contribution in [1.29, 1.82) is 0 Å². The van der Waals surface area contributed by atoms with Crippen molar-refractivity contribution in [3.05, 3.63) is 29.8 Å². The van der Waals surface area contributed by atoms with Gasteiger partial charge in [0.1, 0.15) is 11.6 Å². The molecular formula is C12H14F2N2O3. The summed E-state index contributed by atoms with van der Waals surface area (Å²) < 4.78 is 25.9. The van der Waals surface area contributed by atoms with E-state index in [1.165, 1.54) is 4.90 Å². The van der Waals surface area contributed by atoms with Crippen LogP contribution in [0.1, 0.15) is 13.3 Å². The molecule has 0 aliphatic rings. The van der Waals surface area contributed by atoms with Crippen LogP contribution in [-0.4, -0.2) is 35.1 Å². The fourth-order valence-electron chi connectivity index (χ4n) is 1.46. The molecule has 0 atom stereocenters. The lowest BCUT2D eigenvalue weighted by Gasteiger charge is -2.20. The van der Waals surface area contributed by atoms with Gasteiger partial charge >= 0.3 is 12.0 Å². The minimum Gasteiger partial charge on any atom is -0.481 e. The summed E-state index contributed by atoms with van der Waals surface area (Å²) in [5.41, 5.74) is -0.0173. The summed E-state index contributed by atoms with van der Waals surface area (Å²) >= 11 is 0. The zero-order valence-electron chi connectivity index (χ0n) is 10.3. The molecule has 0 radical (unpaired) electrons. The largest absolute Gasteiger partial charge is 0.481 e. The van der Waals surface area contributed by atoms with E-state index in [0.29, 0.717) is 6.07 Å². The van der Waals surface area contributed by atoms with E-state index in [0.717, 1.165) is 12.1 Å². The number of hydrogen-bond acceptors (Lipinski definition) is 2. The van der Waals surface area contributed by atoms with E-state index < -0.39 is 23.6 Å². The summed E-state index contributed by atoms with van der Waals surface area (Å²) in [4.78, 5) is 23.4. The Balaban J connectivity index is 2.68. The average molecular weight is 272 g/mol. The molecule has 0 aliphatic heterocycles. The van der Waals surface area contributed by atoms with Crippen LogP contribution in [0.25, 0.3) is 0 Å². The van der Waals surface area contributed by atoms with Crippen LogP contribution in [0.15, 0.2) is 18.2 Å². The summed E-state index contributed by atoms with van der Waals surface area (Å²) in [5, 5.41) is 10.9. The highest BCUT2D eigenvalue weighted by molar-refractivity contribution is 5.89. The van der Waals surface area contributed by atoms with Gasteiger partial charge in [0.05, 0.1) is 6.42 Å². The quantitative estimate of drug-likeness (QED) is 0.864. The second-order valence-electron chi connectivity index (χ2n) is 3.81. The second kappa shape index (κ2) is 6.67. The molecule has 0 saturated heterocycles. The second-order valence-corrected chi connectivity index (χ2v) is 3.81. The number of anilines is 1. The molecule has 7 heteroatoms. The van der Waals surface area contributed by atoms with Crippen LogP contribution in [0, 0.1) is 11.6 Å². The van der Waals surface area contributed by atoms with Gasteiger partial charge in [-0.2, -0.15) is 0 Å². The van der Waals surface area contributed by atoms with Gasteiger partial charge in [-0.15, -0.1) is 0 Å². The number of nitrogens with zero attached hydrogens (tertiary/aromatic N) is 1. The van der Waals surface area contributed by atoms with Crippen molar-refractivity contribution in [2.24, 2.45) is 0 Å². The van der Waals surface area contributed by atoms with Crippen molar-refractivity contribution < 1.29 is 23.5 Å². The molecule has 0 saturated carbocycles. The van der Waals surface area contributed by atoms with Gasteiger partial charge < -0.3 is 15.3 Å². The van der Waals surface area contributed by atoms with Crippen LogP contribution in [0.4, 0.5) is 19.3 Å². The van der Waals surface area contributed by atoms with Gasteiger partial charge in [0, 0.05) is 24.8 Å². The van der Waals surface area contributed by atoms with Crippen molar-refractivity contribution in [1.82, 2.24) is 4.90 Å². The first kappa shape index (κ1) is 14.9. The maximum atomic E-state index is 12.9. The highest BCUT2D eigenvalue weighted by atomic mass is 19.1. The minimum absolute atomic E-state index is 0.0173. The minimum atomic E-state index is -1.02. The van der Waals surface area contributed by atoms with Crippen LogP contribution in [0.2, 0.25) is 0 Å². The van der Waals surface area contributed by atoms with E-state index in [1.54, 1.807) is 6.92 Å². The average Bonchev–Trinajstić information content (AvgIpc) is 2.27. The number of amides is 2. The van der Waals surface area contributed by atoms with E-state index >= 15 is 0 Å². The molecule has 2 amide bonds. The standard InChI is InChI=1S/C12H14F2N2O3/c1-2-16(4-3-11(17)18)12(19)15-10-6-8(13)5-9(14)7-10/h5-7H,2-4H2,1H3,(H,15,19)(H,17,18). The van der Waals surface area contributed by atoms with Crippen LogP contribution in [0.3, 0.4) is 0 Å². The Morgan fingerprint density at radius 2 is 1.84 bits per heavy atom. The Morgan fingerprint density at radius 3 is 2.32 bits per heavy atom. The number of carbonyl (C=O) groups is 2. The Bertz CT molecular complexity index is 460. The van der Waals surface area contributed by atoms with Gasteiger partial charge in [-0.25, -0.2) is 13.6 Å². The van der Waals surface area contributed by atoms with Gasteiger partial charge in [0.2, 0.25) is 0 Å². The topological polar surface area (TPSA) is 69.6 Å². The summed E-state index contributed by atoms with van der Waals surface area (Å²) in [5.74, 6) is -2.63. The van der Waals surface area contributed by atoms with Gasteiger partial charge in [-0.05, 0) is 19.1 Å². The molecule has 0 fully saturated rings. The molecule has 19 heavy (non-hydrogen) atoms. The summed E-state index contributed by atoms with van der Waals surface area (Å²) in [6.07, 6.45) is -0.196. The van der Waals surface area contributed by atoms with Gasteiger partial charge in [-0.3, -0.25) is 4.79 Å². The lowest BCUT2D eigenvalue weighted by Crippen LogP contribution is -2.36. The van der Waals surface area contributed by atoms with Crippen molar-refractivity contribution in [2.75, 3.05) is 18.4 Å². The summed E-state index contributed by atoms with van der Waals surface area (Å²) in [7, 11) is 0. The molecule has 1 rings (SSSR count). The first-order valence-electron chi connectivity index (χ1n) is 5.66. The fraction of sp³-hybridized carbons (Fsp3) is 0.333. The number of rotatable bonds is 5. The van der Waals surface area contributed by atoms with Crippen molar-refractivity contribution >= 4 is 17.7 Å². The van der Waals surface area contributed by atoms with Crippen molar-refractivity contribution in [3.8, 4) is 0 Å². The van der Waals surface area contributed by atoms with Crippen LogP contribution in [0.5, 0.6) is 0 Å². The Morgan fingerprint density at radius 1 is 1.26 bits per heavy atom. The van der Waals surface area contributed by atoms with Crippen LogP contribution < -0.4 is 5.32 Å². The van der Waals surface area contributed by atoms with E-state index in [-0.39, 0.29) is 25.2 Å². The highest BCUT2D eigenvalue weighted by Crippen LogP contribution is 2.13. The summed E-state index contributed by atoms with van der Waals surface area (Å²) in [6, 6.07) is 2.05. The highest BCUT2D eigenvalue weighted by Gasteiger charge is 2.13. The molecular weight excluding hydrogens is 258 g/mol. The zero-order valence-corrected chi connectivity index (χ0v) is 10.3. The molecule has 1 aromatic rings. The first-order chi connectivity index (χ1) is 8.92. The number of benzene rings is 1. The lowest BCUT2D eigenvalue weighted by atomic mass is 10.3. The maximum Gasteiger partial charge on any atom is 0.321 e. The fourth-order valence-corrected chi connectivity index (χ4v) is 1.46. The molecule has 1 aromatic carbocycles. The van der Waals surface area contributed by atoms with E-state index in [9.17, 15) is 18.4 Å². The Kier molecular flexibility index (Phi) is 5.23. The number of aliphatic carboxylic acids is 1. The van der Waals surface area contributed by atoms with E-state index in [1.807, 2.05) is 0 Å². The number of nitrogens with one attached hydrogen (secondary N) is 1. The normalized spacial score (nSPS) is 10.1. The molecule has 0 unspecified atom stereocenters. The number of halogens is 2. The molecule has 2 N–H and O–H groups in total. The lowest BCUT2D eigenvalue weighted by molar-refractivity contribution is -0.137. The number of carboxylic acids is 1. The van der Waals surface area contributed by atoms with Crippen molar-refractivity contribution in [2.45, 2.75) is 13.3 Å². The molecule has 0 aromatic heterocycles. The van der Waals surface area contributed by atoms with Crippen LogP contribution >= 0.6 is 0 Å². The molecule has 0 heterocycles. The monoisotopic (exact) mass is 272 g/mol. The van der Waals surface area contributed by atoms with Crippen molar-refractivity contribution in [3.63, 3.8) is 0 Å². The molecule has 104 valence electrons. The van der Waals surface area contributed by atoms with Gasteiger partial charge in [0.25, 0.3) is 0 Å². The Labute approximate surface area is 108 Å². The predicted molar refractivity (Wildman–Crippen MR) is 64.9 cm³/mol. The summed E-state index contributed by atoms with van der Waals surface area (Å²) in [6.45, 7) is 1.99. The first-order valence-corrected chi connectivity index (χ1v) is 5.66. The van der Waals surface area contributed by atoms with Gasteiger partial charge in [0.15, 0.2) is 0 Å². The van der Waals surface area contributed by atoms with Crippen LogP contribution in [-0.2, 0) is 4.79 Å². The van der Waals surface area contributed by atoms with E-state index in [4.69, 9.17) is 5.11 Å². The number of carbonyl (C=O) groups excluding carboxylic acids is 1. The third-order valence-electron chi connectivity index (χ3n) is 2.38. The number of carboxylic acid groups (broad SMARTS) is 1. The van der Waals surface area contributed by atoms with E-state index in [2.05, 4.69) is 5.32 Å². The smallest absolute Gasteiger partial charge is 0.321 e. The zero-order chi connectivity index (χ0) is 14.4. The molecule has 5 nitrogen and oxygen atoms in total. The van der Waals surface area contributed by atoms with Gasteiger partial charge in [-0.1, -0.05) is 0 Å². The maximum absolute atomic E-state index is 12.9. The molecule has 0 aliphatic carbocycles. The Hall–Kier alpha value is -2.18. The third kappa shape index (κ3) is 4.90. The SMILES string of the molecule is CCN(CCC(=O)O)C(=O)Nc1cc(F)cc(F)c1. The number of hydrogen-bond donors (Lipinski definition) is 2.